The van der Waals surface area contributed by atoms with Crippen LogP contribution in [0.3, 0.4) is 0 Å². The molecule has 8 nitrogen and oxygen atoms in total. The highest BCUT2D eigenvalue weighted by Gasteiger charge is 2.28. The fourth-order valence-corrected chi connectivity index (χ4v) is 3.49. The van der Waals surface area contributed by atoms with Gasteiger partial charge in [-0.3, -0.25) is 4.57 Å². The van der Waals surface area contributed by atoms with Crippen molar-refractivity contribution in [3.63, 3.8) is 0 Å². The van der Waals surface area contributed by atoms with Crippen LogP contribution in [0.5, 0.6) is 5.75 Å². The zero-order valence-electron chi connectivity index (χ0n) is 15.1. The summed E-state index contributed by atoms with van der Waals surface area (Å²) in [6, 6.07) is 7.19. The summed E-state index contributed by atoms with van der Waals surface area (Å²) in [6.07, 6.45) is 5.41. The van der Waals surface area contributed by atoms with Gasteiger partial charge in [-0.05, 0) is 37.0 Å². The smallest absolute Gasteiger partial charge is 0.167 e. The quantitative estimate of drug-likeness (QED) is 0.613. The minimum atomic E-state index is -0.172. The number of anilines is 1. The van der Waals surface area contributed by atoms with Crippen LogP contribution >= 0.6 is 0 Å². The molecule has 1 aliphatic heterocycles. The normalized spacial score (nSPS) is 20.8. The van der Waals surface area contributed by atoms with Crippen molar-refractivity contribution in [1.82, 2.24) is 19.5 Å². The number of nitrogens with zero attached hydrogens (tertiary/aromatic N) is 4. The van der Waals surface area contributed by atoms with Crippen molar-refractivity contribution in [2.24, 2.45) is 0 Å². The van der Waals surface area contributed by atoms with Crippen molar-refractivity contribution in [2.45, 2.75) is 44.6 Å². The van der Waals surface area contributed by atoms with Crippen molar-refractivity contribution in [2.75, 3.05) is 11.9 Å². The maximum absolute atomic E-state index is 9.50. The molecule has 3 heterocycles. The number of imidazole rings is 1. The molecule has 0 saturated carbocycles. The molecule has 1 aromatic carbocycles. The molecule has 0 bridgehead atoms. The van der Waals surface area contributed by atoms with Crippen molar-refractivity contribution in [1.29, 1.82) is 0 Å². The van der Waals surface area contributed by atoms with E-state index >= 15 is 0 Å². The van der Waals surface area contributed by atoms with Crippen LogP contribution in [0.25, 0.3) is 11.2 Å². The number of hydrogen-bond donors (Lipinski definition) is 3. The molecule has 0 aliphatic carbocycles. The van der Waals surface area contributed by atoms with Crippen LogP contribution in [-0.4, -0.2) is 42.4 Å². The molecule has 27 heavy (non-hydrogen) atoms. The van der Waals surface area contributed by atoms with E-state index in [1.165, 1.54) is 6.33 Å². The largest absolute Gasteiger partial charge is 0.508 e. The first-order valence-electron chi connectivity index (χ1n) is 9.19. The summed E-state index contributed by atoms with van der Waals surface area (Å²) < 4.78 is 7.76. The summed E-state index contributed by atoms with van der Waals surface area (Å²) >= 11 is 0. The second kappa shape index (κ2) is 7.50. The van der Waals surface area contributed by atoms with Gasteiger partial charge >= 0.3 is 0 Å². The van der Waals surface area contributed by atoms with Crippen molar-refractivity contribution in [3.8, 4) is 5.75 Å². The fourth-order valence-electron chi connectivity index (χ4n) is 3.49. The summed E-state index contributed by atoms with van der Waals surface area (Å²) in [7, 11) is 0. The lowest BCUT2D eigenvalue weighted by Gasteiger charge is -2.18. The van der Waals surface area contributed by atoms with Crippen molar-refractivity contribution >= 4 is 17.0 Å². The maximum atomic E-state index is 9.50. The van der Waals surface area contributed by atoms with Crippen molar-refractivity contribution < 1.29 is 14.9 Å². The second-order valence-electron chi connectivity index (χ2n) is 6.72. The van der Waals surface area contributed by atoms with Gasteiger partial charge in [-0.1, -0.05) is 19.1 Å². The molecule has 4 rings (SSSR count). The lowest BCUT2D eigenvalue weighted by atomic mass is 10.0. The Balaban J connectivity index is 1.62. The first-order chi connectivity index (χ1) is 13.2. The number of phenolic OH excluding ortho intramolecular Hbond substituents is 1. The molecule has 8 heteroatoms. The summed E-state index contributed by atoms with van der Waals surface area (Å²) in [4.78, 5) is 13.3. The second-order valence-corrected chi connectivity index (χ2v) is 6.72. The molecule has 142 valence electrons. The van der Waals surface area contributed by atoms with E-state index in [0.29, 0.717) is 17.0 Å². The first kappa shape index (κ1) is 17.7. The zero-order valence-corrected chi connectivity index (χ0v) is 15.1. The Morgan fingerprint density at radius 3 is 2.74 bits per heavy atom. The van der Waals surface area contributed by atoms with Crippen LogP contribution in [0.2, 0.25) is 0 Å². The summed E-state index contributed by atoms with van der Waals surface area (Å²) in [5, 5.41) is 22.2. The highest BCUT2D eigenvalue weighted by atomic mass is 16.5. The third kappa shape index (κ3) is 3.45. The molecule has 3 N–H and O–H groups in total. The molecule has 1 fully saturated rings. The molecule has 2 aromatic heterocycles. The van der Waals surface area contributed by atoms with Gasteiger partial charge in [0.1, 0.15) is 18.3 Å². The molecule has 1 aliphatic rings. The Morgan fingerprint density at radius 1 is 1.22 bits per heavy atom. The Labute approximate surface area is 156 Å². The number of fused-ring (bicyclic) bond motifs is 1. The predicted molar refractivity (Wildman–Crippen MR) is 100 cm³/mol. The van der Waals surface area contributed by atoms with E-state index in [1.54, 1.807) is 18.5 Å². The third-order valence-electron chi connectivity index (χ3n) is 4.97. The van der Waals surface area contributed by atoms with Gasteiger partial charge in [0.2, 0.25) is 0 Å². The Morgan fingerprint density at radius 2 is 2.04 bits per heavy atom. The Kier molecular flexibility index (Phi) is 4.91. The van der Waals surface area contributed by atoms with Gasteiger partial charge in [0.05, 0.1) is 25.1 Å². The van der Waals surface area contributed by atoms with E-state index in [4.69, 9.17) is 4.74 Å². The topological polar surface area (TPSA) is 105 Å². The van der Waals surface area contributed by atoms with Gasteiger partial charge in [-0.25, -0.2) is 15.0 Å². The average Bonchev–Trinajstić information content (AvgIpc) is 3.33. The van der Waals surface area contributed by atoms with E-state index in [9.17, 15) is 10.2 Å². The minimum absolute atomic E-state index is 0.0235. The SMILES string of the molecule is CCC(Nc1ncnc2c1ncn2C1CCC(CO)O1)c1ccc(O)cc1. The predicted octanol–water partition coefficient (Wildman–Crippen LogP) is 2.77. The zero-order chi connectivity index (χ0) is 18.8. The van der Waals surface area contributed by atoms with Gasteiger partial charge in [0.25, 0.3) is 0 Å². The first-order valence-corrected chi connectivity index (χ1v) is 9.19. The number of benzene rings is 1. The van der Waals surface area contributed by atoms with Crippen LogP contribution in [-0.2, 0) is 4.74 Å². The van der Waals surface area contributed by atoms with Crippen LogP contribution in [0.15, 0.2) is 36.9 Å². The highest BCUT2D eigenvalue weighted by Crippen LogP contribution is 2.32. The van der Waals surface area contributed by atoms with Gasteiger partial charge in [-0.15, -0.1) is 0 Å². The van der Waals surface area contributed by atoms with Crippen LogP contribution in [0.4, 0.5) is 5.82 Å². The number of hydrogen-bond acceptors (Lipinski definition) is 7. The molecule has 0 amide bonds. The molecule has 3 aromatic rings. The minimum Gasteiger partial charge on any atom is -0.508 e. The maximum Gasteiger partial charge on any atom is 0.167 e. The van der Waals surface area contributed by atoms with Gasteiger partial charge in [0, 0.05) is 0 Å². The molecule has 0 radical (unpaired) electrons. The molecular weight excluding hydrogens is 346 g/mol. The highest BCUT2D eigenvalue weighted by molar-refractivity contribution is 5.82. The van der Waals surface area contributed by atoms with E-state index in [0.717, 1.165) is 24.8 Å². The molecular formula is C19H23N5O3. The molecule has 3 unspecified atom stereocenters. The standard InChI is InChI=1S/C19H23N5O3/c1-2-15(12-3-5-13(26)6-4-12)23-18-17-19(21-10-20-18)24(11-22-17)16-8-7-14(9-25)27-16/h3-6,10-11,14-16,25-26H,2,7-9H2,1H3,(H,20,21,23). The van der Waals surface area contributed by atoms with Crippen LogP contribution in [0, 0.1) is 0 Å². The van der Waals surface area contributed by atoms with E-state index in [1.807, 2.05) is 16.7 Å². The fraction of sp³-hybridized carbons (Fsp3) is 0.421. The Bertz CT molecular complexity index is 911. The summed E-state index contributed by atoms with van der Waals surface area (Å²) in [5.74, 6) is 0.907. The van der Waals surface area contributed by atoms with E-state index < -0.39 is 0 Å². The van der Waals surface area contributed by atoms with E-state index in [-0.39, 0.29) is 30.7 Å². The molecule has 0 spiro atoms. The molecule has 1 saturated heterocycles. The number of aromatic hydroxyl groups is 1. The lowest BCUT2D eigenvalue weighted by molar-refractivity contribution is -0.0207. The lowest BCUT2D eigenvalue weighted by Crippen LogP contribution is -2.14. The van der Waals surface area contributed by atoms with E-state index in [2.05, 4.69) is 27.2 Å². The number of ether oxygens (including phenoxy) is 1. The number of aliphatic hydroxyl groups is 1. The van der Waals surface area contributed by atoms with Gasteiger partial charge in [0.15, 0.2) is 17.0 Å². The summed E-state index contributed by atoms with van der Waals surface area (Å²) in [6.45, 7) is 2.11. The Hall–Kier alpha value is -2.71. The third-order valence-corrected chi connectivity index (χ3v) is 4.97. The van der Waals surface area contributed by atoms with Gasteiger partial charge < -0.3 is 20.3 Å². The number of nitrogens with one attached hydrogen (secondary N) is 1. The monoisotopic (exact) mass is 369 g/mol. The van der Waals surface area contributed by atoms with Gasteiger partial charge in [-0.2, -0.15) is 0 Å². The molecule has 3 atom stereocenters. The number of phenols is 1. The number of rotatable bonds is 6. The van der Waals surface area contributed by atoms with Crippen LogP contribution in [0.1, 0.15) is 44.0 Å². The number of aromatic nitrogens is 4. The van der Waals surface area contributed by atoms with Crippen LogP contribution < -0.4 is 5.32 Å². The van der Waals surface area contributed by atoms with Crippen molar-refractivity contribution in [3.05, 3.63) is 42.5 Å². The average molecular weight is 369 g/mol. The number of aliphatic hydroxyl groups excluding tert-OH is 1. The summed E-state index contributed by atoms with van der Waals surface area (Å²) in [5.41, 5.74) is 2.45.